The minimum absolute atomic E-state index is 0.161. The van der Waals surface area contributed by atoms with E-state index >= 15 is 0 Å². The molecule has 114 valence electrons. The van der Waals surface area contributed by atoms with Crippen molar-refractivity contribution >= 4 is 27.8 Å². The highest BCUT2D eigenvalue weighted by Crippen LogP contribution is 2.30. The molecule has 1 heterocycles. The number of carbonyl (C=O) groups is 2. The predicted octanol–water partition coefficient (Wildman–Crippen LogP) is 1.18. The highest BCUT2D eigenvalue weighted by molar-refractivity contribution is 7.86. The SMILES string of the molecule is O=C(O)c1c(F)cccc1N1CC(CS(=O)(=O)F)CC1=O. The molecule has 1 aliphatic rings. The number of benzene rings is 1. The number of carboxylic acid groups (broad SMARTS) is 1. The Bertz CT molecular complexity index is 704. The summed E-state index contributed by atoms with van der Waals surface area (Å²) in [5.41, 5.74) is -0.833. The van der Waals surface area contributed by atoms with Crippen LogP contribution in [-0.2, 0) is 15.0 Å². The fraction of sp³-hybridized carbons (Fsp3) is 0.333. The normalized spacial score (nSPS) is 19.0. The summed E-state index contributed by atoms with van der Waals surface area (Å²) in [4.78, 5) is 23.9. The van der Waals surface area contributed by atoms with Crippen LogP contribution in [0.2, 0.25) is 0 Å². The van der Waals surface area contributed by atoms with Gasteiger partial charge in [0.05, 0.1) is 11.4 Å². The highest BCUT2D eigenvalue weighted by Gasteiger charge is 2.35. The largest absolute Gasteiger partial charge is 0.478 e. The number of anilines is 1. The summed E-state index contributed by atoms with van der Waals surface area (Å²) in [6, 6.07) is 3.43. The summed E-state index contributed by atoms with van der Waals surface area (Å²) in [6.07, 6.45) is -0.237. The highest BCUT2D eigenvalue weighted by atomic mass is 32.3. The predicted molar refractivity (Wildman–Crippen MR) is 68.7 cm³/mol. The van der Waals surface area contributed by atoms with Crippen molar-refractivity contribution in [3.8, 4) is 0 Å². The molecule has 1 aliphatic heterocycles. The standard InChI is InChI=1S/C12H11F2NO5S/c13-8-2-1-3-9(11(8)12(17)18)15-5-7(4-10(15)16)6-21(14,19)20/h1-3,7H,4-6H2,(H,17,18). The molecule has 0 radical (unpaired) electrons. The van der Waals surface area contributed by atoms with E-state index in [1.807, 2.05) is 0 Å². The number of halogens is 2. The Balaban J connectivity index is 2.34. The third-order valence-corrected chi connectivity index (χ3v) is 4.01. The van der Waals surface area contributed by atoms with Gasteiger partial charge in [0.15, 0.2) is 0 Å². The van der Waals surface area contributed by atoms with Crippen molar-refractivity contribution in [2.45, 2.75) is 6.42 Å². The Hall–Kier alpha value is -2.03. The van der Waals surface area contributed by atoms with Gasteiger partial charge in [-0.15, -0.1) is 3.89 Å². The lowest BCUT2D eigenvalue weighted by Crippen LogP contribution is -2.27. The molecule has 1 atom stereocenters. The van der Waals surface area contributed by atoms with Gasteiger partial charge in [-0.2, -0.15) is 8.42 Å². The van der Waals surface area contributed by atoms with Crippen LogP contribution in [0.15, 0.2) is 18.2 Å². The van der Waals surface area contributed by atoms with E-state index in [0.29, 0.717) is 0 Å². The Morgan fingerprint density at radius 3 is 2.67 bits per heavy atom. The van der Waals surface area contributed by atoms with Crippen molar-refractivity contribution in [2.75, 3.05) is 17.2 Å². The minimum atomic E-state index is -4.74. The van der Waals surface area contributed by atoms with Crippen LogP contribution in [0.1, 0.15) is 16.8 Å². The van der Waals surface area contributed by atoms with Gasteiger partial charge in [-0.1, -0.05) is 6.07 Å². The molecule has 1 unspecified atom stereocenters. The van der Waals surface area contributed by atoms with Crippen molar-refractivity contribution < 1.29 is 31.4 Å². The molecule has 6 nitrogen and oxygen atoms in total. The first kappa shape index (κ1) is 15.4. The maximum Gasteiger partial charge on any atom is 0.340 e. The van der Waals surface area contributed by atoms with Gasteiger partial charge >= 0.3 is 16.2 Å². The maximum absolute atomic E-state index is 13.6. The molecule has 1 aromatic carbocycles. The van der Waals surface area contributed by atoms with E-state index < -0.39 is 45.2 Å². The molecule has 21 heavy (non-hydrogen) atoms. The van der Waals surface area contributed by atoms with Crippen LogP contribution in [0, 0.1) is 11.7 Å². The number of hydrogen-bond donors (Lipinski definition) is 1. The fourth-order valence-corrected chi connectivity index (χ4v) is 3.14. The summed E-state index contributed by atoms with van der Waals surface area (Å²) in [5, 5.41) is 9.01. The summed E-state index contributed by atoms with van der Waals surface area (Å²) < 4.78 is 47.5. The van der Waals surface area contributed by atoms with Crippen molar-refractivity contribution in [1.82, 2.24) is 0 Å². The van der Waals surface area contributed by atoms with Gasteiger partial charge in [0.2, 0.25) is 5.91 Å². The molecule has 2 rings (SSSR count). The molecule has 1 fully saturated rings. The van der Waals surface area contributed by atoms with Gasteiger partial charge in [0.1, 0.15) is 11.4 Å². The maximum atomic E-state index is 13.6. The molecule has 0 aliphatic carbocycles. The lowest BCUT2D eigenvalue weighted by atomic mass is 10.1. The van der Waals surface area contributed by atoms with Crippen molar-refractivity contribution in [3.63, 3.8) is 0 Å². The summed E-state index contributed by atoms with van der Waals surface area (Å²) >= 11 is 0. The lowest BCUT2D eigenvalue weighted by molar-refractivity contribution is -0.117. The van der Waals surface area contributed by atoms with Crippen LogP contribution in [0.4, 0.5) is 14.0 Å². The number of amides is 1. The van der Waals surface area contributed by atoms with Crippen LogP contribution in [0.5, 0.6) is 0 Å². The number of carboxylic acids is 1. The number of rotatable bonds is 4. The molecule has 0 saturated carbocycles. The van der Waals surface area contributed by atoms with Gasteiger partial charge in [-0.25, -0.2) is 9.18 Å². The summed E-state index contributed by atoms with van der Waals surface area (Å²) in [5.74, 6) is -4.74. The quantitative estimate of drug-likeness (QED) is 0.841. The minimum Gasteiger partial charge on any atom is -0.478 e. The number of aromatic carboxylic acids is 1. The molecule has 0 bridgehead atoms. The zero-order valence-electron chi connectivity index (χ0n) is 10.6. The zero-order chi connectivity index (χ0) is 15.8. The second-order valence-corrected chi connectivity index (χ2v) is 6.13. The van der Waals surface area contributed by atoms with E-state index in [1.165, 1.54) is 12.1 Å². The Morgan fingerprint density at radius 1 is 1.43 bits per heavy atom. The van der Waals surface area contributed by atoms with E-state index in [-0.39, 0.29) is 18.7 Å². The molecule has 0 aromatic heterocycles. The fourth-order valence-electron chi connectivity index (χ4n) is 2.36. The van der Waals surface area contributed by atoms with Crippen molar-refractivity contribution in [2.24, 2.45) is 5.92 Å². The van der Waals surface area contributed by atoms with Gasteiger partial charge in [-0.05, 0) is 12.1 Å². The molecule has 1 saturated heterocycles. The average molecular weight is 319 g/mol. The molecule has 1 N–H and O–H groups in total. The molecule has 0 spiro atoms. The molecule has 1 aromatic rings. The van der Waals surface area contributed by atoms with Crippen LogP contribution >= 0.6 is 0 Å². The third kappa shape index (κ3) is 3.35. The van der Waals surface area contributed by atoms with E-state index in [1.54, 1.807) is 0 Å². The van der Waals surface area contributed by atoms with E-state index in [4.69, 9.17) is 5.11 Å². The van der Waals surface area contributed by atoms with Crippen LogP contribution in [0.3, 0.4) is 0 Å². The van der Waals surface area contributed by atoms with Gasteiger partial charge in [0, 0.05) is 18.9 Å². The first-order valence-corrected chi connectivity index (χ1v) is 7.49. The monoisotopic (exact) mass is 319 g/mol. The number of nitrogens with zero attached hydrogens (tertiary/aromatic N) is 1. The topological polar surface area (TPSA) is 91.8 Å². The molecular weight excluding hydrogens is 308 g/mol. The molecule has 1 amide bonds. The summed E-state index contributed by atoms with van der Waals surface area (Å²) in [6.45, 7) is -0.175. The Labute approximate surface area is 119 Å². The van der Waals surface area contributed by atoms with E-state index in [0.717, 1.165) is 11.0 Å². The summed E-state index contributed by atoms with van der Waals surface area (Å²) in [7, 11) is -4.74. The van der Waals surface area contributed by atoms with Crippen LogP contribution < -0.4 is 4.90 Å². The number of hydrogen-bond acceptors (Lipinski definition) is 4. The van der Waals surface area contributed by atoms with Gasteiger partial charge < -0.3 is 10.0 Å². The van der Waals surface area contributed by atoms with E-state index in [2.05, 4.69) is 0 Å². The molecule has 9 heteroatoms. The lowest BCUT2D eigenvalue weighted by Gasteiger charge is -2.19. The second kappa shape index (κ2) is 5.40. The first-order chi connectivity index (χ1) is 9.69. The third-order valence-electron chi connectivity index (χ3n) is 3.14. The van der Waals surface area contributed by atoms with Crippen LogP contribution in [0.25, 0.3) is 0 Å². The van der Waals surface area contributed by atoms with Crippen LogP contribution in [-0.4, -0.2) is 37.7 Å². The molecular formula is C12H11F2NO5S. The van der Waals surface area contributed by atoms with Crippen molar-refractivity contribution in [1.29, 1.82) is 0 Å². The Morgan fingerprint density at radius 2 is 2.10 bits per heavy atom. The second-order valence-electron chi connectivity index (χ2n) is 4.72. The number of carbonyl (C=O) groups excluding carboxylic acids is 1. The average Bonchev–Trinajstić information content (AvgIpc) is 2.66. The Kier molecular flexibility index (Phi) is 3.95. The van der Waals surface area contributed by atoms with Crippen molar-refractivity contribution in [3.05, 3.63) is 29.6 Å². The van der Waals surface area contributed by atoms with E-state index in [9.17, 15) is 26.3 Å². The smallest absolute Gasteiger partial charge is 0.340 e. The zero-order valence-corrected chi connectivity index (χ0v) is 11.4. The van der Waals surface area contributed by atoms with Gasteiger partial charge in [0.25, 0.3) is 0 Å². The van der Waals surface area contributed by atoms with Gasteiger partial charge in [-0.3, -0.25) is 4.79 Å². The first-order valence-electron chi connectivity index (χ1n) is 5.93.